The highest BCUT2D eigenvalue weighted by molar-refractivity contribution is 5.82. The molecule has 0 amide bonds. The van der Waals surface area contributed by atoms with Crippen LogP contribution in [0.2, 0.25) is 0 Å². The third kappa shape index (κ3) is 1.80. The van der Waals surface area contributed by atoms with Gasteiger partial charge in [0.2, 0.25) is 0 Å². The normalized spacial score (nSPS) is 13.8. The third-order valence-electron chi connectivity index (χ3n) is 3.25. The van der Waals surface area contributed by atoms with E-state index in [0.717, 1.165) is 28.2 Å². The Morgan fingerprint density at radius 1 is 1.42 bits per heavy atom. The number of nitrogens with two attached hydrogens (primary N) is 1. The van der Waals surface area contributed by atoms with E-state index < -0.39 is 0 Å². The zero-order valence-electron chi connectivity index (χ0n) is 10.8. The van der Waals surface area contributed by atoms with Crippen LogP contribution in [0.5, 0.6) is 11.5 Å². The number of anilines is 1. The van der Waals surface area contributed by atoms with Gasteiger partial charge < -0.3 is 19.9 Å². The van der Waals surface area contributed by atoms with Crippen molar-refractivity contribution in [3.05, 3.63) is 23.9 Å². The molecule has 1 aliphatic heterocycles. The summed E-state index contributed by atoms with van der Waals surface area (Å²) in [5.74, 6) is 2.11. The molecule has 6 nitrogen and oxygen atoms in total. The van der Waals surface area contributed by atoms with E-state index in [1.807, 2.05) is 12.1 Å². The molecule has 0 saturated carbocycles. The monoisotopic (exact) mass is 261 g/mol. The van der Waals surface area contributed by atoms with E-state index in [1.54, 1.807) is 25.0 Å². The first-order valence-electron chi connectivity index (χ1n) is 5.90. The first kappa shape index (κ1) is 11.9. The summed E-state index contributed by atoms with van der Waals surface area (Å²) in [6.07, 6.45) is 1.72. The van der Waals surface area contributed by atoms with Crippen LogP contribution < -0.4 is 15.2 Å². The molecule has 0 unspecified atom stereocenters. The Labute approximate surface area is 110 Å². The molecule has 1 aromatic carbocycles. The van der Waals surface area contributed by atoms with Crippen molar-refractivity contribution in [2.24, 2.45) is 7.05 Å². The summed E-state index contributed by atoms with van der Waals surface area (Å²) in [6, 6.07) is 3.75. The number of aromatic nitrogens is 2. The maximum absolute atomic E-state index is 6.05. The predicted octanol–water partition coefficient (Wildman–Crippen LogP) is 1.54. The standard InChI is InChI=1S/C13H15N3O3/c1-16-13(14)8(5-15-16)12-9-6-18-7-19-10(9)3-4-11(12)17-2/h3-5H,6-7,14H2,1-2H3. The Bertz CT molecular complexity index is 622. The minimum absolute atomic E-state index is 0.265. The second kappa shape index (κ2) is 4.47. The summed E-state index contributed by atoms with van der Waals surface area (Å²) >= 11 is 0. The molecule has 0 saturated heterocycles. The van der Waals surface area contributed by atoms with Crippen molar-refractivity contribution < 1.29 is 14.2 Å². The minimum atomic E-state index is 0.265. The van der Waals surface area contributed by atoms with E-state index in [0.29, 0.717) is 12.4 Å². The summed E-state index contributed by atoms with van der Waals surface area (Å²) < 4.78 is 17.9. The van der Waals surface area contributed by atoms with Crippen LogP contribution >= 0.6 is 0 Å². The van der Waals surface area contributed by atoms with Crippen molar-refractivity contribution in [1.29, 1.82) is 0 Å². The van der Waals surface area contributed by atoms with E-state index in [9.17, 15) is 0 Å². The molecule has 1 aromatic heterocycles. The molecule has 0 spiro atoms. The number of nitrogens with zero attached hydrogens (tertiary/aromatic N) is 2. The Morgan fingerprint density at radius 2 is 2.26 bits per heavy atom. The molecule has 0 radical (unpaired) electrons. The number of fused-ring (bicyclic) bond motifs is 1. The van der Waals surface area contributed by atoms with Crippen LogP contribution in [0.15, 0.2) is 18.3 Å². The lowest BCUT2D eigenvalue weighted by Crippen LogP contribution is -2.13. The molecule has 0 atom stereocenters. The van der Waals surface area contributed by atoms with E-state index in [4.69, 9.17) is 19.9 Å². The smallest absolute Gasteiger partial charge is 0.189 e. The number of hydrogen-bond donors (Lipinski definition) is 1. The topological polar surface area (TPSA) is 71.5 Å². The molecule has 1 aliphatic rings. The lowest BCUT2D eigenvalue weighted by molar-refractivity contribution is -0.0161. The summed E-state index contributed by atoms with van der Waals surface area (Å²) in [7, 11) is 3.43. The van der Waals surface area contributed by atoms with Crippen molar-refractivity contribution >= 4 is 5.82 Å². The lowest BCUT2D eigenvalue weighted by atomic mass is 9.99. The summed E-state index contributed by atoms with van der Waals surface area (Å²) in [4.78, 5) is 0. The first-order chi connectivity index (χ1) is 9.22. The van der Waals surface area contributed by atoms with Gasteiger partial charge in [-0.05, 0) is 12.1 Å². The number of rotatable bonds is 2. The second-order valence-electron chi connectivity index (χ2n) is 4.30. The van der Waals surface area contributed by atoms with E-state index in [-0.39, 0.29) is 6.79 Å². The molecule has 100 valence electrons. The Hall–Kier alpha value is -2.21. The minimum Gasteiger partial charge on any atom is -0.496 e. The molecule has 3 rings (SSSR count). The van der Waals surface area contributed by atoms with Gasteiger partial charge in [0.25, 0.3) is 0 Å². The van der Waals surface area contributed by atoms with Crippen LogP contribution in [0.3, 0.4) is 0 Å². The van der Waals surface area contributed by atoms with Crippen molar-refractivity contribution in [1.82, 2.24) is 9.78 Å². The van der Waals surface area contributed by atoms with Gasteiger partial charge in [-0.25, -0.2) is 0 Å². The van der Waals surface area contributed by atoms with Gasteiger partial charge >= 0.3 is 0 Å². The Balaban J connectivity index is 2.26. The third-order valence-corrected chi connectivity index (χ3v) is 3.25. The average Bonchev–Trinajstić information content (AvgIpc) is 2.77. The number of benzene rings is 1. The number of aryl methyl sites for hydroxylation is 1. The van der Waals surface area contributed by atoms with Gasteiger partial charge in [-0.3, -0.25) is 4.68 Å². The predicted molar refractivity (Wildman–Crippen MR) is 69.9 cm³/mol. The van der Waals surface area contributed by atoms with Crippen molar-refractivity contribution in [3.63, 3.8) is 0 Å². The lowest BCUT2D eigenvalue weighted by Gasteiger charge is -2.22. The largest absolute Gasteiger partial charge is 0.496 e. The molecule has 6 heteroatoms. The molecular weight excluding hydrogens is 246 g/mol. The quantitative estimate of drug-likeness (QED) is 0.888. The number of nitrogen functional groups attached to an aromatic ring is 1. The Morgan fingerprint density at radius 3 is 2.95 bits per heavy atom. The number of methoxy groups -OCH3 is 1. The number of hydrogen-bond acceptors (Lipinski definition) is 5. The van der Waals surface area contributed by atoms with Gasteiger partial charge in [-0.15, -0.1) is 0 Å². The van der Waals surface area contributed by atoms with Crippen LogP contribution in [0.4, 0.5) is 5.82 Å². The maximum atomic E-state index is 6.05. The summed E-state index contributed by atoms with van der Waals surface area (Å²) in [6.45, 7) is 0.734. The van der Waals surface area contributed by atoms with Gasteiger partial charge in [0.05, 0.1) is 19.9 Å². The van der Waals surface area contributed by atoms with E-state index in [1.165, 1.54) is 0 Å². The first-order valence-corrected chi connectivity index (χ1v) is 5.90. The molecular formula is C13H15N3O3. The van der Waals surface area contributed by atoms with E-state index in [2.05, 4.69) is 5.10 Å². The van der Waals surface area contributed by atoms with Gasteiger partial charge in [0.1, 0.15) is 17.3 Å². The fourth-order valence-corrected chi connectivity index (χ4v) is 2.24. The molecule has 2 heterocycles. The van der Waals surface area contributed by atoms with Crippen LogP contribution in [0, 0.1) is 0 Å². The Kier molecular flexibility index (Phi) is 2.79. The number of ether oxygens (including phenoxy) is 3. The summed E-state index contributed by atoms with van der Waals surface area (Å²) in [5.41, 5.74) is 8.69. The average molecular weight is 261 g/mol. The second-order valence-corrected chi connectivity index (χ2v) is 4.30. The highest BCUT2D eigenvalue weighted by atomic mass is 16.7. The van der Waals surface area contributed by atoms with Crippen LogP contribution in [-0.2, 0) is 18.4 Å². The van der Waals surface area contributed by atoms with Gasteiger partial charge in [-0.2, -0.15) is 5.10 Å². The molecule has 2 N–H and O–H groups in total. The molecule has 0 aliphatic carbocycles. The summed E-state index contributed by atoms with van der Waals surface area (Å²) in [5, 5.41) is 4.17. The molecule has 19 heavy (non-hydrogen) atoms. The SMILES string of the molecule is COc1ccc2c(c1-c1cnn(C)c1N)COCO2. The zero-order chi connectivity index (χ0) is 13.4. The van der Waals surface area contributed by atoms with E-state index >= 15 is 0 Å². The van der Waals surface area contributed by atoms with Crippen LogP contribution in [0.1, 0.15) is 5.56 Å². The van der Waals surface area contributed by atoms with Crippen molar-refractivity contribution in [2.45, 2.75) is 6.61 Å². The van der Waals surface area contributed by atoms with Crippen molar-refractivity contribution in [3.8, 4) is 22.6 Å². The fourth-order valence-electron chi connectivity index (χ4n) is 2.24. The molecule has 0 bridgehead atoms. The molecule has 0 fully saturated rings. The maximum Gasteiger partial charge on any atom is 0.189 e. The van der Waals surface area contributed by atoms with Crippen LogP contribution in [0.25, 0.3) is 11.1 Å². The zero-order valence-corrected chi connectivity index (χ0v) is 10.8. The van der Waals surface area contributed by atoms with Crippen LogP contribution in [-0.4, -0.2) is 23.7 Å². The highest BCUT2D eigenvalue weighted by Gasteiger charge is 2.22. The van der Waals surface area contributed by atoms with Gasteiger partial charge in [-0.1, -0.05) is 0 Å². The van der Waals surface area contributed by atoms with Gasteiger partial charge in [0, 0.05) is 23.7 Å². The fraction of sp³-hybridized carbons (Fsp3) is 0.308. The highest BCUT2D eigenvalue weighted by Crippen LogP contribution is 2.42. The van der Waals surface area contributed by atoms with Crippen molar-refractivity contribution in [2.75, 3.05) is 19.6 Å². The van der Waals surface area contributed by atoms with Gasteiger partial charge in [0.15, 0.2) is 6.79 Å². The molecule has 2 aromatic rings.